The summed E-state index contributed by atoms with van der Waals surface area (Å²) >= 11 is 0. The minimum atomic E-state index is -1.16. The summed E-state index contributed by atoms with van der Waals surface area (Å²) in [5, 5.41) is 16.1. The highest BCUT2D eigenvalue weighted by Crippen LogP contribution is 2.40. The van der Waals surface area contributed by atoms with Crippen molar-refractivity contribution in [3.05, 3.63) is 116 Å². The number of hydrogen-bond donors (Lipinski definition) is 3. The van der Waals surface area contributed by atoms with Crippen LogP contribution in [0.5, 0.6) is 0 Å². The number of imide groups is 2. The Morgan fingerprint density at radius 2 is 1.68 bits per heavy atom. The molecule has 18 nitrogen and oxygen atoms in total. The minimum absolute atomic E-state index is 0.000943. The van der Waals surface area contributed by atoms with E-state index in [4.69, 9.17) is 0 Å². The number of piperazine rings is 1. The Bertz CT molecular complexity index is 3060. The van der Waals surface area contributed by atoms with E-state index in [9.17, 15) is 33.9 Å². The summed E-state index contributed by atoms with van der Waals surface area (Å²) < 4.78 is 19.0. The first kappa shape index (κ1) is 44.4. The van der Waals surface area contributed by atoms with Crippen molar-refractivity contribution in [3.63, 3.8) is 0 Å². The molecule has 69 heavy (non-hydrogen) atoms. The Hall–Kier alpha value is -7.09. The van der Waals surface area contributed by atoms with Crippen LogP contribution in [-0.4, -0.2) is 126 Å². The van der Waals surface area contributed by atoms with E-state index in [1.54, 1.807) is 42.7 Å². The number of benzene rings is 1. The van der Waals surface area contributed by atoms with Crippen molar-refractivity contribution in [2.75, 3.05) is 60.9 Å². The third kappa shape index (κ3) is 7.77. The van der Waals surface area contributed by atoms with E-state index in [0.717, 1.165) is 62.7 Å². The number of nitrogens with zero attached hydrogens (tertiary/aromatic N) is 9. The van der Waals surface area contributed by atoms with Crippen LogP contribution in [0.15, 0.2) is 65.8 Å². The molecule has 356 valence electrons. The van der Waals surface area contributed by atoms with Gasteiger partial charge in [0.25, 0.3) is 23.3 Å². The number of pyridine rings is 3. The third-order valence-corrected chi connectivity index (χ3v) is 14.7. The molecule has 5 amide bonds. The number of fused-ring (bicyclic) bond motifs is 4. The lowest BCUT2D eigenvalue weighted by Crippen LogP contribution is -2.62. The van der Waals surface area contributed by atoms with Crippen LogP contribution in [0.3, 0.4) is 0 Å². The second-order valence-corrected chi connectivity index (χ2v) is 19.8. The van der Waals surface area contributed by atoms with E-state index in [1.165, 1.54) is 28.0 Å². The molecular weight excluding hydrogens is 886 g/mol. The first-order chi connectivity index (χ1) is 33.1. The molecule has 1 aliphatic carbocycles. The summed E-state index contributed by atoms with van der Waals surface area (Å²) in [7, 11) is 1.67. The van der Waals surface area contributed by atoms with Crippen molar-refractivity contribution in [1.82, 2.24) is 39.1 Å². The monoisotopic (exact) mass is 937 g/mol. The molecule has 0 radical (unpaired) electrons. The number of piperidine rings is 1. The molecule has 6 aliphatic rings. The van der Waals surface area contributed by atoms with Crippen molar-refractivity contribution in [2.45, 2.75) is 71.3 Å². The molecule has 1 unspecified atom stereocenters. The fraction of sp³-hybridized carbons (Fsp3) is 0.400. The van der Waals surface area contributed by atoms with Gasteiger partial charge < -0.3 is 24.5 Å². The van der Waals surface area contributed by atoms with Gasteiger partial charge in [-0.2, -0.15) is 0 Å². The summed E-state index contributed by atoms with van der Waals surface area (Å²) in [4.78, 5) is 96.5. The number of halogens is 1. The molecule has 19 heteroatoms. The molecule has 11 rings (SSSR count). The average molecular weight is 938 g/mol. The van der Waals surface area contributed by atoms with E-state index in [-0.39, 0.29) is 47.5 Å². The molecule has 0 bridgehead atoms. The molecular formula is C50H52FN11O7. The Morgan fingerprint density at radius 1 is 0.884 bits per heavy atom. The number of aryl methyl sites for hydroxylation is 1. The lowest BCUT2D eigenvalue weighted by molar-refractivity contribution is -0.136. The average Bonchev–Trinajstić information content (AvgIpc) is 3.90. The number of carbonyl (C=O) groups excluding carboxylic acids is 5. The quantitative estimate of drug-likeness (QED) is 0.173. The van der Waals surface area contributed by atoms with Crippen molar-refractivity contribution in [2.24, 2.45) is 12.5 Å². The second-order valence-electron chi connectivity index (χ2n) is 19.8. The van der Waals surface area contributed by atoms with Crippen molar-refractivity contribution in [1.29, 1.82) is 0 Å². The normalized spacial score (nSPS) is 20.6. The van der Waals surface area contributed by atoms with Gasteiger partial charge >= 0.3 is 0 Å². The molecule has 4 aromatic heterocycles. The van der Waals surface area contributed by atoms with Crippen molar-refractivity contribution in [3.8, 4) is 11.1 Å². The molecule has 5 aliphatic heterocycles. The summed E-state index contributed by atoms with van der Waals surface area (Å²) in [5.74, 6) is -2.86. The van der Waals surface area contributed by atoms with Crippen LogP contribution < -0.4 is 26.0 Å². The number of amides is 5. The smallest absolute Gasteiger partial charge is 0.276 e. The second kappa shape index (κ2) is 16.8. The number of aliphatic hydroxyl groups is 1. The third-order valence-electron chi connectivity index (χ3n) is 14.7. The molecule has 3 fully saturated rings. The number of hydrogen-bond acceptors (Lipinski definition) is 13. The highest BCUT2D eigenvalue weighted by atomic mass is 19.1. The Labute approximate surface area is 396 Å². The van der Waals surface area contributed by atoms with Gasteiger partial charge in [-0.05, 0) is 83.8 Å². The largest absolute Gasteiger partial charge is 0.392 e. The van der Waals surface area contributed by atoms with Gasteiger partial charge in [-0.25, -0.2) is 14.4 Å². The van der Waals surface area contributed by atoms with Gasteiger partial charge in [0, 0.05) is 108 Å². The van der Waals surface area contributed by atoms with E-state index in [0.29, 0.717) is 70.9 Å². The molecule has 0 saturated carbocycles. The predicted octanol–water partition coefficient (Wildman–Crippen LogP) is 3.21. The van der Waals surface area contributed by atoms with Crippen molar-refractivity contribution >= 4 is 52.5 Å². The standard InChI is InChI=1S/C50H52FN11O7/c1-50(2)20-29-19-39-48(68)61(15-14-60(39)40(29)21-50)44-35(27-63)33(8-9-52-44)30-18-37(47(67)56(3)24-30)54-41-6-4-31(22-53-41)58-10-12-59(13-11-58)32-25-57(26-32)23-28-16-34-43(36(51)17-28)49(69)62(46(34)66)38-5-7-42(64)55-45(38)65/h4,6,8-9,16-19,22,24,32,38,63H,5,7,10-15,20-21,23,25-27H2,1-3H3,(H,53,54)(H,55,64,65). The minimum Gasteiger partial charge on any atom is -0.392 e. The fourth-order valence-electron chi connectivity index (χ4n) is 11.2. The summed E-state index contributed by atoms with van der Waals surface area (Å²) in [6.07, 6.45) is 6.97. The molecule has 3 N–H and O–H groups in total. The van der Waals surface area contributed by atoms with Crippen LogP contribution in [-0.2, 0) is 49.2 Å². The highest BCUT2D eigenvalue weighted by Gasteiger charge is 2.46. The van der Waals surface area contributed by atoms with Crippen LogP contribution >= 0.6 is 0 Å². The number of aliphatic hydroxyl groups excluding tert-OH is 1. The zero-order chi connectivity index (χ0) is 48.0. The van der Waals surface area contributed by atoms with Gasteiger partial charge in [-0.1, -0.05) is 13.8 Å². The molecule has 3 saturated heterocycles. The Kier molecular flexibility index (Phi) is 10.8. The highest BCUT2D eigenvalue weighted by molar-refractivity contribution is 6.23. The first-order valence-electron chi connectivity index (χ1n) is 23.5. The Morgan fingerprint density at radius 3 is 2.42 bits per heavy atom. The van der Waals surface area contributed by atoms with Gasteiger partial charge in [0.15, 0.2) is 0 Å². The number of likely N-dealkylation sites (tertiary alicyclic amines) is 1. The lowest BCUT2D eigenvalue weighted by Gasteiger charge is -2.48. The van der Waals surface area contributed by atoms with Gasteiger partial charge in [-0.15, -0.1) is 0 Å². The molecule has 1 atom stereocenters. The van der Waals surface area contributed by atoms with Gasteiger partial charge in [0.05, 0.1) is 29.6 Å². The van der Waals surface area contributed by atoms with E-state index in [1.807, 2.05) is 18.2 Å². The van der Waals surface area contributed by atoms with Crippen LogP contribution in [0, 0.1) is 11.2 Å². The SMILES string of the molecule is Cn1cc(-c2ccnc(N3CCn4c(cc5c4CC(C)(C)C5)C3=O)c2CO)cc(Nc2ccc(N3CCN(C4CN(Cc5cc(F)c6c(c5)C(=O)N(C5CCC(=O)NC5=O)C6=O)C4)CC3)cn2)c1=O. The number of anilines is 4. The maximum atomic E-state index is 15.3. The van der Waals surface area contributed by atoms with E-state index in [2.05, 4.69) is 53.7 Å². The first-order valence-corrected chi connectivity index (χ1v) is 23.5. The van der Waals surface area contributed by atoms with E-state index >= 15 is 4.39 Å². The zero-order valence-corrected chi connectivity index (χ0v) is 38.6. The van der Waals surface area contributed by atoms with Gasteiger partial charge in [0.2, 0.25) is 11.8 Å². The predicted molar refractivity (Wildman–Crippen MR) is 252 cm³/mol. The van der Waals surface area contributed by atoms with Gasteiger partial charge in [0.1, 0.15) is 34.9 Å². The summed E-state index contributed by atoms with van der Waals surface area (Å²) in [6.45, 7) is 10.3. The van der Waals surface area contributed by atoms with Crippen molar-refractivity contribution < 1.29 is 33.5 Å². The van der Waals surface area contributed by atoms with Gasteiger partial charge in [-0.3, -0.25) is 53.7 Å². The van der Waals surface area contributed by atoms with Crippen LogP contribution in [0.2, 0.25) is 0 Å². The number of carbonyl (C=O) groups is 5. The zero-order valence-electron chi connectivity index (χ0n) is 38.6. The topological polar surface area (TPSA) is 199 Å². The van der Waals surface area contributed by atoms with Crippen LogP contribution in [0.25, 0.3) is 11.1 Å². The molecule has 0 spiro atoms. The van der Waals surface area contributed by atoms with Crippen LogP contribution in [0.4, 0.5) is 27.4 Å². The number of nitrogens with one attached hydrogen (secondary N) is 2. The number of rotatable bonds is 10. The maximum absolute atomic E-state index is 15.3. The van der Waals surface area contributed by atoms with Crippen LogP contribution in [0.1, 0.15) is 80.3 Å². The summed E-state index contributed by atoms with van der Waals surface area (Å²) in [6, 6.07) is 11.3. The fourth-order valence-corrected chi connectivity index (χ4v) is 11.2. The summed E-state index contributed by atoms with van der Waals surface area (Å²) in [5.41, 5.74) is 6.24. The molecule has 1 aromatic carbocycles. The molecule has 5 aromatic rings. The number of aromatic nitrogens is 4. The van der Waals surface area contributed by atoms with E-state index < -0.39 is 35.5 Å². The Balaban J connectivity index is 0.702. The molecule has 9 heterocycles. The lowest BCUT2D eigenvalue weighted by atomic mass is 9.90. The maximum Gasteiger partial charge on any atom is 0.276 e.